The van der Waals surface area contributed by atoms with Crippen LogP contribution in [-0.4, -0.2) is 0 Å². The highest BCUT2D eigenvalue weighted by atomic mass is 16.3. The number of furan rings is 1. The van der Waals surface area contributed by atoms with Gasteiger partial charge < -0.3 is 10.2 Å². The lowest BCUT2D eigenvalue weighted by atomic mass is 10.1. The SMILES string of the molecule is C/C=C\c1c(N)oc2ccccc12.CC. The number of benzene rings is 1. The van der Waals surface area contributed by atoms with Gasteiger partial charge in [0.05, 0.1) is 0 Å². The Labute approximate surface area is 90.4 Å². The number of hydrogen-bond acceptors (Lipinski definition) is 2. The molecule has 15 heavy (non-hydrogen) atoms. The molecule has 0 saturated carbocycles. The molecule has 1 aromatic carbocycles. The van der Waals surface area contributed by atoms with Crippen LogP contribution in [0, 0.1) is 0 Å². The van der Waals surface area contributed by atoms with Gasteiger partial charge in [-0.2, -0.15) is 0 Å². The van der Waals surface area contributed by atoms with Crippen LogP contribution in [0.1, 0.15) is 26.3 Å². The number of anilines is 1. The summed E-state index contributed by atoms with van der Waals surface area (Å²) in [6, 6.07) is 7.83. The second kappa shape index (κ2) is 5.25. The third-order valence-electron chi connectivity index (χ3n) is 2.00. The lowest BCUT2D eigenvalue weighted by Crippen LogP contribution is -1.82. The molecular weight excluding hydrogens is 186 g/mol. The maximum Gasteiger partial charge on any atom is 0.198 e. The van der Waals surface area contributed by atoms with Crippen LogP contribution in [0.4, 0.5) is 5.88 Å². The predicted octanol–water partition coefficient (Wildman–Crippen LogP) is 4.07. The monoisotopic (exact) mass is 203 g/mol. The van der Waals surface area contributed by atoms with Crippen LogP contribution in [0.25, 0.3) is 17.0 Å². The molecule has 2 aromatic rings. The Morgan fingerprint density at radius 3 is 2.53 bits per heavy atom. The third-order valence-corrected chi connectivity index (χ3v) is 2.00. The maximum atomic E-state index is 5.72. The zero-order valence-corrected chi connectivity index (χ0v) is 9.45. The molecule has 0 aliphatic carbocycles. The van der Waals surface area contributed by atoms with Crippen LogP contribution in [0.5, 0.6) is 0 Å². The number of allylic oxidation sites excluding steroid dienone is 1. The Bertz CT molecular complexity index is 455. The quantitative estimate of drug-likeness (QED) is 0.758. The van der Waals surface area contributed by atoms with Gasteiger partial charge in [0, 0.05) is 10.9 Å². The lowest BCUT2D eigenvalue weighted by molar-refractivity contribution is 0.636. The fraction of sp³-hybridized carbons (Fsp3) is 0.231. The molecular formula is C13H17NO. The number of rotatable bonds is 1. The highest BCUT2D eigenvalue weighted by Crippen LogP contribution is 2.28. The zero-order valence-electron chi connectivity index (χ0n) is 9.45. The lowest BCUT2D eigenvalue weighted by Gasteiger charge is -1.88. The molecule has 0 bridgehead atoms. The molecule has 0 amide bonds. The zero-order chi connectivity index (χ0) is 11.3. The molecule has 0 atom stereocenters. The van der Waals surface area contributed by atoms with Crippen LogP contribution >= 0.6 is 0 Å². The molecule has 0 saturated heterocycles. The van der Waals surface area contributed by atoms with Gasteiger partial charge in [-0.3, -0.25) is 0 Å². The van der Waals surface area contributed by atoms with Gasteiger partial charge in [0.15, 0.2) is 5.88 Å². The van der Waals surface area contributed by atoms with Crippen LogP contribution in [-0.2, 0) is 0 Å². The van der Waals surface area contributed by atoms with E-state index in [4.69, 9.17) is 10.2 Å². The Kier molecular flexibility index (Phi) is 3.98. The van der Waals surface area contributed by atoms with Gasteiger partial charge in [0.25, 0.3) is 0 Å². The van der Waals surface area contributed by atoms with Crippen molar-refractivity contribution in [3.8, 4) is 0 Å². The van der Waals surface area contributed by atoms with E-state index in [0.29, 0.717) is 5.88 Å². The van der Waals surface area contributed by atoms with Gasteiger partial charge in [-0.1, -0.05) is 44.2 Å². The summed E-state index contributed by atoms with van der Waals surface area (Å²) in [5, 5.41) is 1.07. The topological polar surface area (TPSA) is 39.2 Å². The number of para-hydroxylation sites is 1. The van der Waals surface area contributed by atoms with Crippen molar-refractivity contribution in [3.63, 3.8) is 0 Å². The molecule has 2 nitrogen and oxygen atoms in total. The molecule has 2 heteroatoms. The third kappa shape index (κ3) is 2.21. The maximum absolute atomic E-state index is 5.72. The van der Waals surface area contributed by atoms with Gasteiger partial charge >= 0.3 is 0 Å². The fourth-order valence-corrected chi connectivity index (χ4v) is 1.42. The van der Waals surface area contributed by atoms with Gasteiger partial charge in [-0.15, -0.1) is 0 Å². The molecule has 0 aliphatic heterocycles. The van der Waals surface area contributed by atoms with Crippen molar-refractivity contribution in [2.24, 2.45) is 0 Å². The van der Waals surface area contributed by atoms with Gasteiger partial charge in [-0.25, -0.2) is 0 Å². The first-order valence-corrected chi connectivity index (χ1v) is 5.22. The first-order chi connectivity index (χ1) is 7.33. The second-order valence-corrected chi connectivity index (χ2v) is 2.88. The Balaban J connectivity index is 0.000000531. The van der Waals surface area contributed by atoms with E-state index in [0.717, 1.165) is 16.5 Å². The minimum absolute atomic E-state index is 0.485. The van der Waals surface area contributed by atoms with Crippen molar-refractivity contribution in [2.75, 3.05) is 5.73 Å². The standard InChI is InChI=1S/C11H11NO.C2H6/c1-2-5-9-8-6-3-4-7-10(8)13-11(9)12;1-2/h2-7H,12H2,1H3;1-2H3/b5-2-;. The summed E-state index contributed by atoms with van der Waals surface area (Å²) < 4.78 is 5.38. The van der Waals surface area contributed by atoms with E-state index in [2.05, 4.69) is 0 Å². The number of nitrogens with two attached hydrogens (primary N) is 1. The van der Waals surface area contributed by atoms with Crippen LogP contribution in [0.15, 0.2) is 34.8 Å². The summed E-state index contributed by atoms with van der Waals surface area (Å²) >= 11 is 0. The number of fused-ring (bicyclic) bond motifs is 1. The van der Waals surface area contributed by atoms with Crippen LogP contribution in [0.3, 0.4) is 0 Å². The fourth-order valence-electron chi connectivity index (χ4n) is 1.42. The minimum atomic E-state index is 0.485. The van der Waals surface area contributed by atoms with Crippen molar-refractivity contribution >= 4 is 22.9 Å². The average molecular weight is 203 g/mol. The van der Waals surface area contributed by atoms with Crippen LogP contribution in [0.2, 0.25) is 0 Å². The summed E-state index contributed by atoms with van der Waals surface area (Å²) in [7, 11) is 0. The van der Waals surface area contributed by atoms with E-state index >= 15 is 0 Å². The number of nitrogen functional groups attached to an aromatic ring is 1. The second-order valence-electron chi connectivity index (χ2n) is 2.88. The van der Waals surface area contributed by atoms with Gasteiger partial charge in [0.1, 0.15) is 5.58 Å². The molecule has 0 unspecified atom stereocenters. The Morgan fingerprint density at radius 1 is 1.20 bits per heavy atom. The normalized spacial score (nSPS) is 10.3. The first-order valence-electron chi connectivity index (χ1n) is 5.22. The Hall–Kier alpha value is -1.70. The van der Waals surface area contributed by atoms with E-state index in [1.54, 1.807) is 0 Å². The van der Waals surface area contributed by atoms with Crippen LogP contribution < -0.4 is 5.73 Å². The van der Waals surface area contributed by atoms with E-state index < -0.39 is 0 Å². The summed E-state index contributed by atoms with van der Waals surface area (Å²) in [4.78, 5) is 0. The van der Waals surface area contributed by atoms with Gasteiger partial charge in [0.2, 0.25) is 0 Å². The summed E-state index contributed by atoms with van der Waals surface area (Å²) in [5.74, 6) is 0.485. The minimum Gasteiger partial charge on any atom is -0.440 e. The predicted molar refractivity (Wildman–Crippen MR) is 66.7 cm³/mol. The largest absolute Gasteiger partial charge is 0.440 e. The average Bonchev–Trinajstić information content (AvgIpc) is 2.59. The molecule has 1 aromatic heterocycles. The van der Waals surface area contributed by atoms with E-state index in [9.17, 15) is 0 Å². The van der Waals surface area contributed by atoms with Crippen molar-refractivity contribution in [1.82, 2.24) is 0 Å². The molecule has 0 spiro atoms. The molecule has 2 rings (SSSR count). The summed E-state index contributed by atoms with van der Waals surface area (Å²) in [6.07, 6.45) is 3.91. The molecule has 1 heterocycles. The van der Waals surface area contributed by atoms with E-state index in [-0.39, 0.29) is 0 Å². The van der Waals surface area contributed by atoms with E-state index in [1.807, 2.05) is 57.2 Å². The molecule has 0 fully saturated rings. The highest BCUT2D eigenvalue weighted by Gasteiger charge is 2.06. The molecule has 0 aliphatic rings. The van der Waals surface area contributed by atoms with E-state index in [1.165, 1.54) is 0 Å². The Morgan fingerprint density at radius 2 is 1.87 bits per heavy atom. The van der Waals surface area contributed by atoms with Crippen molar-refractivity contribution in [1.29, 1.82) is 0 Å². The van der Waals surface area contributed by atoms with Gasteiger partial charge in [-0.05, 0) is 13.0 Å². The van der Waals surface area contributed by atoms with Crippen molar-refractivity contribution in [2.45, 2.75) is 20.8 Å². The summed E-state index contributed by atoms with van der Waals surface area (Å²) in [6.45, 7) is 5.96. The first kappa shape index (κ1) is 11.4. The molecule has 80 valence electrons. The number of hydrogen-bond donors (Lipinski definition) is 1. The molecule has 2 N–H and O–H groups in total. The van der Waals surface area contributed by atoms with Crippen molar-refractivity contribution in [3.05, 3.63) is 35.9 Å². The van der Waals surface area contributed by atoms with Crippen molar-refractivity contribution < 1.29 is 4.42 Å². The summed E-state index contributed by atoms with van der Waals surface area (Å²) in [5.41, 5.74) is 7.53. The smallest absolute Gasteiger partial charge is 0.198 e. The molecule has 0 radical (unpaired) electrons. The highest BCUT2D eigenvalue weighted by molar-refractivity contribution is 5.91.